The maximum absolute atomic E-state index is 13.4. The van der Waals surface area contributed by atoms with Crippen LogP contribution in [0.2, 0.25) is 0 Å². The van der Waals surface area contributed by atoms with E-state index in [9.17, 15) is 4.39 Å². The fourth-order valence-electron chi connectivity index (χ4n) is 1.82. The number of hydrogen-bond acceptors (Lipinski definition) is 2. The van der Waals surface area contributed by atoms with Gasteiger partial charge in [0.15, 0.2) is 0 Å². The third-order valence-electron chi connectivity index (χ3n) is 2.86. The average Bonchev–Trinajstić information content (AvgIpc) is 2.42. The van der Waals surface area contributed by atoms with E-state index in [4.69, 9.17) is 11.2 Å². The number of terminal acetylenes is 1. The highest BCUT2D eigenvalue weighted by Gasteiger charge is 2.12. The van der Waals surface area contributed by atoms with Crippen molar-refractivity contribution in [2.45, 2.75) is 39.2 Å². The lowest BCUT2D eigenvalue weighted by Gasteiger charge is -2.18. The van der Waals surface area contributed by atoms with Gasteiger partial charge in [-0.1, -0.05) is 6.92 Å². The molecule has 0 aliphatic rings. The number of hydrogen-bond donors (Lipinski definition) is 1. The van der Waals surface area contributed by atoms with E-state index in [1.165, 1.54) is 12.1 Å². The smallest absolute Gasteiger partial charge is 0.124 e. The van der Waals surface area contributed by atoms with Crippen molar-refractivity contribution < 1.29 is 9.13 Å². The monoisotopic (exact) mass is 263 g/mol. The first kappa shape index (κ1) is 15.5. The molecule has 19 heavy (non-hydrogen) atoms. The van der Waals surface area contributed by atoms with Gasteiger partial charge in [0.2, 0.25) is 0 Å². The minimum atomic E-state index is -0.240. The Bertz CT molecular complexity index is 425. The fraction of sp³-hybridized carbons (Fsp3) is 0.500. The summed E-state index contributed by atoms with van der Waals surface area (Å²) in [4.78, 5) is 0. The van der Waals surface area contributed by atoms with Crippen LogP contribution in [-0.2, 0) is 0 Å². The molecular formula is C16H22FNO. The molecule has 1 aromatic carbocycles. The predicted octanol–water partition coefficient (Wildman–Crippen LogP) is 3.68. The van der Waals surface area contributed by atoms with Gasteiger partial charge in [-0.3, -0.25) is 0 Å². The third kappa shape index (κ3) is 5.32. The van der Waals surface area contributed by atoms with Gasteiger partial charge in [-0.05, 0) is 44.5 Å². The molecule has 0 spiro atoms. The van der Waals surface area contributed by atoms with Crippen molar-refractivity contribution in [3.8, 4) is 18.1 Å². The van der Waals surface area contributed by atoms with E-state index in [2.05, 4.69) is 18.2 Å². The van der Waals surface area contributed by atoms with Crippen LogP contribution < -0.4 is 10.1 Å². The van der Waals surface area contributed by atoms with Crippen molar-refractivity contribution in [2.75, 3.05) is 13.2 Å². The quantitative estimate of drug-likeness (QED) is 0.570. The molecule has 104 valence electrons. The van der Waals surface area contributed by atoms with Crippen LogP contribution >= 0.6 is 0 Å². The molecular weight excluding hydrogens is 241 g/mol. The van der Waals surface area contributed by atoms with Crippen molar-refractivity contribution in [3.63, 3.8) is 0 Å². The Kier molecular flexibility index (Phi) is 6.99. The van der Waals surface area contributed by atoms with Gasteiger partial charge in [0, 0.05) is 18.0 Å². The molecule has 0 radical (unpaired) electrons. The summed E-state index contributed by atoms with van der Waals surface area (Å²) in [6.45, 7) is 5.57. The number of rotatable bonds is 8. The SMILES string of the molecule is C#CCCCOc1ccc(F)cc1C(C)NCCC. The van der Waals surface area contributed by atoms with Crippen LogP contribution in [0.4, 0.5) is 4.39 Å². The zero-order valence-electron chi connectivity index (χ0n) is 11.7. The molecule has 1 aromatic rings. The molecule has 0 saturated carbocycles. The molecule has 1 unspecified atom stereocenters. The Morgan fingerprint density at radius 3 is 2.95 bits per heavy atom. The normalized spacial score (nSPS) is 11.9. The van der Waals surface area contributed by atoms with Gasteiger partial charge in [-0.15, -0.1) is 12.3 Å². The highest BCUT2D eigenvalue weighted by Crippen LogP contribution is 2.26. The Morgan fingerprint density at radius 2 is 2.26 bits per heavy atom. The number of nitrogens with one attached hydrogen (secondary N) is 1. The van der Waals surface area contributed by atoms with E-state index in [1.54, 1.807) is 6.07 Å². The van der Waals surface area contributed by atoms with E-state index >= 15 is 0 Å². The predicted molar refractivity (Wildman–Crippen MR) is 76.7 cm³/mol. The first-order chi connectivity index (χ1) is 9.19. The second kappa shape index (κ2) is 8.55. The fourth-order valence-corrected chi connectivity index (χ4v) is 1.82. The van der Waals surface area contributed by atoms with E-state index in [1.807, 2.05) is 6.92 Å². The van der Waals surface area contributed by atoms with Gasteiger partial charge in [0.05, 0.1) is 6.61 Å². The minimum absolute atomic E-state index is 0.0679. The zero-order valence-corrected chi connectivity index (χ0v) is 11.7. The van der Waals surface area contributed by atoms with Crippen LogP contribution in [0.5, 0.6) is 5.75 Å². The molecule has 1 atom stereocenters. The number of ether oxygens (including phenoxy) is 1. The third-order valence-corrected chi connectivity index (χ3v) is 2.86. The minimum Gasteiger partial charge on any atom is -0.493 e. The van der Waals surface area contributed by atoms with Gasteiger partial charge in [-0.2, -0.15) is 0 Å². The van der Waals surface area contributed by atoms with Gasteiger partial charge < -0.3 is 10.1 Å². The first-order valence-corrected chi connectivity index (χ1v) is 6.78. The van der Waals surface area contributed by atoms with E-state index in [0.29, 0.717) is 13.0 Å². The lowest BCUT2D eigenvalue weighted by atomic mass is 10.1. The Balaban J connectivity index is 2.71. The topological polar surface area (TPSA) is 21.3 Å². The van der Waals surface area contributed by atoms with Crippen LogP contribution in [0.1, 0.15) is 44.7 Å². The maximum Gasteiger partial charge on any atom is 0.124 e. The summed E-state index contributed by atoms with van der Waals surface area (Å²) < 4.78 is 19.1. The molecule has 3 heteroatoms. The number of halogens is 1. The largest absolute Gasteiger partial charge is 0.493 e. The zero-order chi connectivity index (χ0) is 14.1. The van der Waals surface area contributed by atoms with Gasteiger partial charge in [0.1, 0.15) is 11.6 Å². The van der Waals surface area contributed by atoms with Crippen molar-refractivity contribution in [1.29, 1.82) is 0 Å². The van der Waals surface area contributed by atoms with Gasteiger partial charge >= 0.3 is 0 Å². The van der Waals surface area contributed by atoms with E-state index in [-0.39, 0.29) is 11.9 Å². The van der Waals surface area contributed by atoms with Crippen molar-refractivity contribution in [1.82, 2.24) is 5.32 Å². The molecule has 2 nitrogen and oxygen atoms in total. The van der Waals surface area contributed by atoms with Gasteiger partial charge in [-0.25, -0.2) is 4.39 Å². The second-order valence-corrected chi connectivity index (χ2v) is 4.51. The summed E-state index contributed by atoms with van der Waals surface area (Å²) >= 11 is 0. The molecule has 0 fully saturated rings. The van der Waals surface area contributed by atoms with Crippen LogP contribution in [0.25, 0.3) is 0 Å². The number of benzene rings is 1. The molecule has 0 heterocycles. The lowest BCUT2D eigenvalue weighted by Crippen LogP contribution is -2.20. The summed E-state index contributed by atoms with van der Waals surface area (Å²) in [5.74, 6) is 3.07. The van der Waals surface area contributed by atoms with Crippen molar-refractivity contribution >= 4 is 0 Å². The lowest BCUT2D eigenvalue weighted by molar-refractivity contribution is 0.306. The molecule has 0 bridgehead atoms. The van der Waals surface area contributed by atoms with Gasteiger partial charge in [0.25, 0.3) is 0 Å². The highest BCUT2D eigenvalue weighted by molar-refractivity contribution is 5.36. The van der Waals surface area contributed by atoms with E-state index in [0.717, 1.165) is 30.7 Å². The molecule has 0 aromatic heterocycles. The average molecular weight is 263 g/mol. The van der Waals surface area contributed by atoms with Crippen LogP contribution in [0, 0.1) is 18.2 Å². The standard InChI is InChI=1S/C16H22FNO/c1-4-6-7-11-19-16-9-8-14(17)12-15(16)13(3)18-10-5-2/h1,8-9,12-13,18H,5-7,10-11H2,2-3H3. The molecule has 0 amide bonds. The molecule has 0 saturated heterocycles. The van der Waals surface area contributed by atoms with Crippen LogP contribution in [0.3, 0.4) is 0 Å². The second-order valence-electron chi connectivity index (χ2n) is 4.51. The van der Waals surface area contributed by atoms with Crippen molar-refractivity contribution in [3.05, 3.63) is 29.6 Å². The van der Waals surface area contributed by atoms with Crippen LogP contribution in [-0.4, -0.2) is 13.2 Å². The summed E-state index contributed by atoms with van der Waals surface area (Å²) in [5, 5.41) is 3.34. The molecule has 1 N–H and O–H groups in total. The Labute approximate surface area is 115 Å². The Morgan fingerprint density at radius 1 is 1.47 bits per heavy atom. The Hall–Kier alpha value is -1.53. The first-order valence-electron chi connectivity index (χ1n) is 6.78. The van der Waals surface area contributed by atoms with E-state index < -0.39 is 0 Å². The molecule has 1 rings (SSSR count). The summed E-state index contributed by atoms with van der Waals surface area (Å²) in [5.41, 5.74) is 0.856. The number of unbranched alkanes of at least 4 members (excludes halogenated alkanes) is 1. The highest BCUT2D eigenvalue weighted by atomic mass is 19.1. The van der Waals surface area contributed by atoms with Crippen LogP contribution in [0.15, 0.2) is 18.2 Å². The van der Waals surface area contributed by atoms with Crippen molar-refractivity contribution in [2.24, 2.45) is 0 Å². The summed E-state index contributed by atoms with van der Waals surface area (Å²) in [7, 11) is 0. The summed E-state index contributed by atoms with van der Waals surface area (Å²) in [6, 6.07) is 4.71. The molecule has 0 aliphatic carbocycles. The molecule has 0 aliphatic heterocycles. The maximum atomic E-state index is 13.4. The summed E-state index contributed by atoms with van der Waals surface area (Å²) in [6.07, 6.45) is 7.74.